The highest BCUT2D eigenvalue weighted by molar-refractivity contribution is 5.87. The molecule has 1 aromatic rings. The first-order valence-corrected chi connectivity index (χ1v) is 8.15. The molecule has 1 atom stereocenters. The van der Waals surface area contributed by atoms with Crippen molar-refractivity contribution >= 4 is 11.9 Å². The fourth-order valence-corrected chi connectivity index (χ4v) is 2.38. The van der Waals surface area contributed by atoms with Gasteiger partial charge in [-0.05, 0) is 32.3 Å². The average molecular weight is 317 g/mol. The zero-order valence-electron chi connectivity index (χ0n) is 14.5. The second-order valence-electron chi connectivity index (χ2n) is 6.92. The minimum Gasteiger partial charge on any atom is -0.444 e. The van der Waals surface area contributed by atoms with Gasteiger partial charge in [0.05, 0.1) is 13.1 Å². The molecule has 1 aliphatic heterocycles. The Morgan fingerprint density at radius 2 is 2.04 bits per heavy atom. The number of carbonyl (C=O) groups is 1. The molecule has 126 valence electrons. The second-order valence-corrected chi connectivity index (χ2v) is 6.92. The van der Waals surface area contributed by atoms with Gasteiger partial charge in [-0.15, -0.1) is 0 Å². The molecule has 0 fully saturated rings. The SMILES string of the molecule is CC(CNC1=NCCN(C(=O)OC(C)(C)C)C1)c1ccccc1. The smallest absolute Gasteiger partial charge is 0.410 e. The molecule has 1 unspecified atom stereocenters. The van der Waals surface area contributed by atoms with Crippen molar-refractivity contribution in [2.45, 2.75) is 39.2 Å². The quantitative estimate of drug-likeness (QED) is 0.932. The monoisotopic (exact) mass is 317 g/mol. The summed E-state index contributed by atoms with van der Waals surface area (Å²) in [6.07, 6.45) is -0.275. The fraction of sp³-hybridized carbons (Fsp3) is 0.556. The lowest BCUT2D eigenvalue weighted by molar-refractivity contribution is 0.0276. The summed E-state index contributed by atoms with van der Waals surface area (Å²) in [4.78, 5) is 18.3. The van der Waals surface area contributed by atoms with Gasteiger partial charge in [0.25, 0.3) is 0 Å². The number of ether oxygens (including phenoxy) is 1. The van der Waals surface area contributed by atoms with Crippen molar-refractivity contribution < 1.29 is 9.53 Å². The van der Waals surface area contributed by atoms with E-state index in [2.05, 4.69) is 29.4 Å². The lowest BCUT2D eigenvalue weighted by Gasteiger charge is -2.30. The molecule has 0 spiro atoms. The van der Waals surface area contributed by atoms with Crippen LogP contribution in [0, 0.1) is 0 Å². The van der Waals surface area contributed by atoms with E-state index in [4.69, 9.17) is 4.74 Å². The summed E-state index contributed by atoms with van der Waals surface area (Å²) in [7, 11) is 0. The molecule has 0 saturated carbocycles. The summed E-state index contributed by atoms with van der Waals surface area (Å²) >= 11 is 0. The number of aliphatic imine (C=N–C) groups is 1. The van der Waals surface area contributed by atoms with E-state index in [0.717, 1.165) is 12.4 Å². The molecule has 23 heavy (non-hydrogen) atoms. The molecule has 1 amide bonds. The molecule has 0 bridgehead atoms. The Morgan fingerprint density at radius 3 is 2.70 bits per heavy atom. The minimum atomic E-state index is -0.471. The van der Waals surface area contributed by atoms with Crippen molar-refractivity contribution in [1.29, 1.82) is 0 Å². The maximum atomic E-state index is 12.1. The van der Waals surface area contributed by atoms with Gasteiger partial charge in [0, 0.05) is 13.1 Å². The average Bonchev–Trinajstić information content (AvgIpc) is 2.52. The van der Waals surface area contributed by atoms with Gasteiger partial charge < -0.3 is 10.1 Å². The molecule has 5 nitrogen and oxygen atoms in total. The standard InChI is InChI=1S/C18H27N3O2/c1-14(15-8-6-5-7-9-15)12-20-16-13-21(11-10-19-16)17(22)23-18(2,3)4/h5-9,14H,10-13H2,1-4H3,(H,19,20). The minimum absolute atomic E-state index is 0.275. The van der Waals surface area contributed by atoms with Crippen LogP contribution in [-0.4, -0.2) is 48.6 Å². The zero-order valence-corrected chi connectivity index (χ0v) is 14.5. The van der Waals surface area contributed by atoms with Gasteiger partial charge in [-0.3, -0.25) is 9.89 Å². The lowest BCUT2D eigenvalue weighted by atomic mass is 10.0. The molecule has 5 heteroatoms. The number of hydrogen-bond donors (Lipinski definition) is 1. The molecule has 1 N–H and O–H groups in total. The molecule has 1 aliphatic rings. The van der Waals surface area contributed by atoms with Gasteiger partial charge in [0.2, 0.25) is 0 Å². The third-order valence-corrected chi connectivity index (χ3v) is 3.65. The highest BCUT2D eigenvalue weighted by atomic mass is 16.6. The van der Waals surface area contributed by atoms with Crippen molar-refractivity contribution in [3.8, 4) is 0 Å². The van der Waals surface area contributed by atoms with Crippen LogP contribution in [0.1, 0.15) is 39.2 Å². The highest BCUT2D eigenvalue weighted by Crippen LogP contribution is 2.14. The van der Waals surface area contributed by atoms with Crippen LogP contribution in [0.2, 0.25) is 0 Å². The van der Waals surface area contributed by atoms with Crippen LogP contribution in [0.3, 0.4) is 0 Å². The number of benzene rings is 1. The van der Waals surface area contributed by atoms with Crippen molar-refractivity contribution in [2.75, 3.05) is 26.2 Å². The summed E-state index contributed by atoms with van der Waals surface area (Å²) in [5, 5.41) is 3.37. The van der Waals surface area contributed by atoms with E-state index in [9.17, 15) is 4.79 Å². The summed E-state index contributed by atoms with van der Waals surface area (Å²) < 4.78 is 5.42. The Labute approximate surface area is 138 Å². The van der Waals surface area contributed by atoms with E-state index < -0.39 is 5.60 Å². The number of nitrogens with zero attached hydrogens (tertiary/aromatic N) is 2. The van der Waals surface area contributed by atoms with Gasteiger partial charge in [-0.2, -0.15) is 0 Å². The summed E-state index contributed by atoms with van der Waals surface area (Å²) in [6.45, 7) is 10.3. The fourth-order valence-electron chi connectivity index (χ4n) is 2.38. The largest absolute Gasteiger partial charge is 0.444 e. The van der Waals surface area contributed by atoms with Crippen molar-refractivity contribution in [3.05, 3.63) is 35.9 Å². The second kappa shape index (κ2) is 7.49. The molecular formula is C18H27N3O2. The van der Waals surface area contributed by atoms with Gasteiger partial charge in [-0.1, -0.05) is 37.3 Å². The normalized spacial score (nSPS) is 16.5. The molecule has 0 radical (unpaired) electrons. The molecule has 0 aromatic heterocycles. The van der Waals surface area contributed by atoms with E-state index in [1.54, 1.807) is 4.90 Å². The van der Waals surface area contributed by atoms with Crippen LogP contribution in [0.4, 0.5) is 4.79 Å². The predicted molar refractivity (Wildman–Crippen MR) is 93.0 cm³/mol. The van der Waals surface area contributed by atoms with Crippen LogP contribution >= 0.6 is 0 Å². The first kappa shape index (κ1) is 17.3. The van der Waals surface area contributed by atoms with Gasteiger partial charge >= 0.3 is 6.09 Å². The van der Waals surface area contributed by atoms with Crippen molar-refractivity contribution in [3.63, 3.8) is 0 Å². The van der Waals surface area contributed by atoms with E-state index in [1.165, 1.54) is 5.56 Å². The van der Waals surface area contributed by atoms with Crippen LogP contribution < -0.4 is 5.32 Å². The van der Waals surface area contributed by atoms with Crippen LogP contribution in [0.5, 0.6) is 0 Å². The summed E-state index contributed by atoms with van der Waals surface area (Å²) in [5.41, 5.74) is 0.821. The van der Waals surface area contributed by atoms with E-state index in [1.807, 2.05) is 39.0 Å². The lowest BCUT2D eigenvalue weighted by Crippen LogP contribution is -2.47. The molecule has 1 aromatic carbocycles. The molecule has 1 heterocycles. The molecule has 0 saturated heterocycles. The first-order valence-electron chi connectivity index (χ1n) is 8.15. The third-order valence-electron chi connectivity index (χ3n) is 3.65. The Hall–Kier alpha value is -2.04. The Bertz CT molecular complexity index is 549. The van der Waals surface area contributed by atoms with Crippen molar-refractivity contribution in [1.82, 2.24) is 10.2 Å². The van der Waals surface area contributed by atoms with E-state index in [-0.39, 0.29) is 6.09 Å². The third kappa shape index (κ3) is 5.58. The number of amides is 1. The molecule has 0 aliphatic carbocycles. The number of amidine groups is 1. The maximum Gasteiger partial charge on any atom is 0.410 e. The summed E-state index contributed by atoms with van der Waals surface area (Å²) in [5.74, 6) is 1.24. The Balaban J connectivity index is 1.84. The van der Waals surface area contributed by atoms with Crippen LogP contribution in [0.25, 0.3) is 0 Å². The van der Waals surface area contributed by atoms with E-state index >= 15 is 0 Å². The van der Waals surface area contributed by atoms with Crippen molar-refractivity contribution in [2.24, 2.45) is 4.99 Å². The van der Waals surface area contributed by atoms with Gasteiger partial charge in [0.15, 0.2) is 0 Å². The number of rotatable bonds is 3. The zero-order chi connectivity index (χ0) is 16.9. The predicted octanol–water partition coefficient (Wildman–Crippen LogP) is 3.03. The maximum absolute atomic E-state index is 12.1. The summed E-state index contributed by atoms with van der Waals surface area (Å²) in [6, 6.07) is 10.4. The molecule has 2 rings (SSSR count). The first-order chi connectivity index (χ1) is 10.8. The van der Waals surface area contributed by atoms with Crippen LogP contribution in [-0.2, 0) is 4.74 Å². The molecular weight excluding hydrogens is 290 g/mol. The number of carbonyl (C=O) groups excluding carboxylic acids is 1. The van der Waals surface area contributed by atoms with E-state index in [0.29, 0.717) is 25.6 Å². The Morgan fingerprint density at radius 1 is 1.35 bits per heavy atom. The Kier molecular flexibility index (Phi) is 5.64. The number of hydrogen-bond acceptors (Lipinski definition) is 4. The topological polar surface area (TPSA) is 53.9 Å². The highest BCUT2D eigenvalue weighted by Gasteiger charge is 2.25. The van der Waals surface area contributed by atoms with Crippen LogP contribution in [0.15, 0.2) is 35.3 Å². The van der Waals surface area contributed by atoms with Gasteiger partial charge in [-0.25, -0.2) is 4.79 Å². The number of nitrogens with one attached hydrogen (secondary N) is 1. The van der Waals surface area contributed by atoms with Gasteiger partial charge in [0.1, 0.15) is 11.4 Å².